The minimum Gasteiger partial charge on any atom is -0.606 e. The Morgan fingerprint density at radius 1 is 0.730 bits per heavy atom. The van der Waals surface area contributed by atoms with Crippen molar-refractivity contribution in [3.8, 4) is 0 Å². The molecule has 0 bridgehead atoms. The summed E-state index contributed by atoms with van der Waals surface area (Å²) in [5.41, 5.74) is 7.12. The molecule has 2 aliphatic heterocycles. The molecular formula is C33H26N2OS. The van der Waals surface area contributed by atoms with Gasteiger partial charge in [-0.25, -0.2) is 4.98 Å². The molecule has 0 saturated heterocycles. The Morgan fingerprint density at radius 3 is 2.08 bits per heavy atom. The molecule has 1 atom stereocenters. The summed E-state index contributed by atoms with van der Waals surface area (Å²) in [5, 5.41) is 0. The van der Waals surface area contributed by atoms with Gasteiger partial charge in [0.1, 0.15) is 17.2 Å². The van der Waals surface area contributed by atoms with Crippen LogP contribution in [-0.4, -0.2) is 9.54 Å². The topological polar surface area (TPSA) is 39.2 Å². The SMILES string of the molecule is CC(C)c1ccc2c(c1)N1c3ncccc3C(c3ccccc3)(c3ccccc3)c3cccc(c31)[S+]2[O-]. The Hall–Kier alpha value is -3.86. The third kappa shape index (κ3) is 3.03. The van der Waals surface area contributed by atoms with Crippen LogP contribution in [0.3, 0.4) is 0 Å². The van der Waals surface area contributed by atoms with Gasteiger partial charge in [0.15, 0.2) is 9.79 Å². The first-order valence-electron chi connectivity index (χ1n) is 12.7. The monoisotopic (exact) mass is 498 g/mol. The fraction of sp³-hybridized carbons (Fsp3) is 0.121. The highest BCUT2D eigenvalue weighted by Crippen LogP contribution is 2.61. The van der Waals surface area contributed by atoms with Crippen LogP contribution in [0, 0.1) is 0 Å². The minimum absolute atomic E-state index is 0.357. The van der Waals surface area contributed by atoms with Gasteiger partial charge in [-0.15, -0.1) is 0 Å². The van der Waals surface area contributed by atoms with Gasteiger partial charge in [0, 0.05) is 28.5 Å². The zero-order valence-electron chi connectivity index (χ0n) is 20.8. The highest BCUT2D eigenvalue weighted by Gasteiger charge is 2.51. The van der Waals surface area contributed by atoms with Crippen molar-refractivity contribution in [1.82, 2.24) is 4.98 Å². The van der Waals surface area contributed by atoms with Crippen LogP contribution in [0.5, 0.6) is 0 Å². The number of rotatable bonds is 3. The number of nitrogens with zero attached hydrogens (tertiary/aromatic N) is 2. The zero-order valence-corrected chi connectivity index (χ0v) is 21.6. The molecule has 4 heteroatoms. The molecule has 5 aromatic rings. The normalized spacial score (nSPS) is 16.6. The zero-order chi connectivity index (χ0) is 25.1. The second-order valence-corrected chi connectivity index (χ2v) is 11.4. The summed E-state index contributed by atoms with van der Waals surface area (Å²) < 4.78 is 14.1. The molecule has 0 radical (unpaired) electrons. The van der Waals surface area contributed by atoms with E-state index in [1.54, 1.807) is 0 Å². The van der Waals surface area contributed by atoms with Crippen LogP contribution in [0.2, 0.25) is 0 Å². The second kappa shape index (κ2) is 8.34. The van der Waals surface area contributed by atoms with E-state index in [-0.39, 0.29) is 0 Å². The molecule has 0 N–H and O–H groups in total. The number of hydrogen-bond acceptors (Lipinski definition) is 3. The molecule has 0 spiro atoms. The van der Waals surface area contributed by atoms with E-state index in [0.717, 1.165) is 49.2 Å². The van der Waals surface area contributed by atoms with E-state index in [2.05, 4.69) is 110 Å². The number of pyridine rings is 1. The van der Waals surface area contributed by atoms with E-state index in [9.17, 15) is 4.55 Å². The summed E-state index contributed by atoms with van der Waals surface area (Å²) in [4.78, 5) is 8.93. The second-order valence-electron chi connectivity index (χ2n) is 9.99. The predicted octanol–water partition coefficient (Wildman–Crippen LogP) is 7.85. The lowest BCUT2D eigenvalue weighted by atomic mass is 9.63. The minimum atomic E-state index is -1.30. The van der Waals surface area contributed by atoms with Crippen molar-refractivity contribution in [2.45, 2.75) is 35.0 Å². The van der Waals surface area contributed by atoms with Gasteiger partial charge in [-0.1, -0.05) is 98.8 Å². The van der Waals surface area contributed by atoms with Gasteiger partial charge in [-0.2, -0.15) is 0 Å². The van der Waals surface area contributed by atoms with Gasteiger partial charge in [0.25, 0.3) is 0 Å². The van der Waals surface area contributed by atoms with Crippen LogP contribution in [0.1, 0.15) is 47.6 Å². The number of para-hydroxylation sites is 1. The summed E-state index contributed by atoms with van der Waals surface area (Å²) in [7, 11) is 0. The van der Waals surface area contributed by atoms with E-state index >= 15 is 0 Å². The Bertz CT molecular complexity index is 1590. The Kier molecular flexibility index (Phi) is 5.04. The summed E-state index contributed by atoms with van der Waals surface area (Å²) in [6.45, 7) is 4.39. The number of aromatic nitrogens is 1. The maximum Gasteiger partial charge on any atom is 0.182 e. The maximum atomic E-state index is 14.1. The smallest absolute Gasteiger partial charge is 0.182 e. The van der Waals surface area contributed by atoms with Crippen LogP contribution >= 0.6 is 0 Å². The molecule has 180 valence electrons. The summed E-state index contributed by atoms with van der Waals surface area (Å²) in [5.74, 6) is 1.24. The quantitative estimate of drug-likeness (QED) is 0.233. The maximum absolute atomic E-state index is 14.1. The molecule has 0 aliphatic carbocycles. The molecular weight excluding hydrogens is 472 g/mol. The van der Waals surface area contributed by atoms with Crippen LogP contribution < -0.4 is 4.90 Å². The van der Waals surface area contributed by atoms with Gasteiger partial charge < -0.3 is 4.55 Å². The number of fused-ring (bicyclic) bond motifs is 4. The molecule has 7 rings (SSSR count). The average molecular weight is 499 g/mol. The van der Waals surface area contributed by atoms with E-state index in [0.29, 0.717) is 5.92 Å². The average Bonchev–Trinajstić information content (AvgIpc) is 2.95. The molecule has 1 unspecified atom stereocenters. The van der Waals surface area contributed by atoms with Crippen LogP contribution in [0.15, 0.2) is 125 Å². The first-order chi connectivity index (χ1) is 18.1. The van der Waals surface area contributed by atoms with E-state index in [4.69, 9.17) is 4.98 Å². The largest absolute Gasteiger partial charge is 0.606 e. The standard InChI is InChI=1S/C33H26N2OS/c1-22(2)23-18-19-29-28(21-23)35-31-26(15-9-17-30(31)37(29)36)33(24-11-5-3-6-12-24,25-13-7-4-8-14-25)27-16-10-20-34-32(27)35/h3-22H,1-2H3. The van der Waals surface area contributed by atoms with Crippen LogP contribution in [-0.2, 0) is 16.6 Å². The summed E-state index contributed by atoms with van der Waals surface area (Å²) >= 11 is -1.30. The third-order valence-corrected chi connectivity index (χ3v) is 9.21. The van der Waals surface area contributed by atoms with Gasteiger partial charge in [-0.3, -0.25) is 4.90 Å². The number of benzene rings is 4. The molecule has 0 fully saturated rings. The molecule has 2 aliphatic rings. The van der Waals surface area contributed by atoms with E-state index in [1.807, 2.05) is 24.4 Å². The Balaban J connectivity index is 1.65. The molecule has 37 heavy (non-hydrogen) atoms. The molecule has 4 aromatic carbocycles. The van der Waals surface area contributed by atoms with Gasteiger partial charge in [0.05, 0.1) is 5.41 Å². The van der Waals surface area contributed by atoms with Crippen molar-refractivity contribution in [3.63, 3.8) is 0 Å². The van der Waals surface area contributed by atoms with Gasteiger partial charge in [-0.05, 0) is 46.9 Å². The number of anilines is 3. The van der Waals surface area contributed by atoms with Crippen LogP contribution in [0.4, 0.5) is 17.2 Å². The molecule has 3 heterocycles. The van der Waals surface area contributed by atoms with Crippen molar-refractivity contribution in [3.05, 3.63) is 143 Å². The Labute approximate surface area is 220 Å². The fourth-order valence-electron chi connectivity index (χ4n) is 6.07. The van der Waals surface area contributed by atoms with Crippen LogP contribution in [0.25, 0.3) is 0 Å². The van der Waals surface area contributed by atoms with E-state index < -0.39 is 16.6 Å². The highest BCUT2D eigenvalue weighted by molar-refractivity contribution is 7.92. The van der Waals surface area contributed by atoms with Gasteiger partial charge >= 0.3 is 0 Å². The Morgan fingerprint density at radius 2 is 1.41 bits per heavy atom. The molecule has 0 amide bonds. The van der Waals surface area contributed by atoms with Crippen molar-refractivity contribution in [1.29, 1.82) is 0 Å². The predicted molar refractivity (Wildman–Crippen MR) is 150 cm³/mol. The van der Waals surface area contributed by atoms with Crippen molar-refractivity contribution in [2.75, 3.05) is 4.90 Å². The number of hydrogen-bond donors (Lipinski definition) is 0. The fourth-order valence-corrected chi connectivity index (χ4v) is 7.41. The third-order valence-electron chi connectivity index (χ3n) is 7.73. The first-order valence-corrected chi connectivity index (χ1v) is 13.8. The lowest BCUT2D eigenvalue weighted by Gasteiger charge is -2.47. The highest BCUT2D eigenvalue weighted by atomic mass is 32.2. The van der Waals surface area contributed by atoms with E-state index in [1.165, 1.54) is 5.56 Å². The molecule has 1 aromatic heterocycles. The van der Waals surface area contributed by atoms with Crippen molar-refractivity contribution in [2.24, 2.45) is 0 Å². The van der Waals surface area contributed by atoms with Crippen molar-refractivity contribution >= 4 is 28.4 Å². The summed E-state index contributed by atoms with van der Waals surface area (Å²) in [6.07, 6.45) is 1.87. The summed E-state index contributed by atoms with van der Waals surface area (Å²) in [6, 6.07) is 38.1. The first kappa shape index (κ1) is 22.3. The lowest BCUT2D eigenvalue weighted by molar-refractivity contribution is 0.592. The molecule has 0 saturated carbocycles. The van der Waals surface area contributed by atoms with Gasteiger partial charge in [0.2, 0.25) is 0 Å². The molecule has 3 nitrogen and oxygen atoms in total. The lowest BCUT2D eigenvalue weighted by Crippen LogP contribution is -2.40. The van der Waals surface area contributed by atoms with Crippen molar-refractivity contribution < 1.29 is 4.55 Å².